The summed E-state index contributed by atoms with van der Waals surface area (Å²) in [5, 5.41) is 0. The second kappa shape index (κ2) is 10.5. The van der Waals surface area contributed by atoms with E-state index in [1.807, 2.05) is 17.8 Å². The van der Waals surface area contributed by atoms with E-state index in [0.717, 1.165) is 51.4 Å². The highest BCUT2D eigenvalue weighted by atomic mass is 35.5. The Bertz CT molecular complexity index is 345. The van der Waals surface area contributed by atoms with E-state index in [2.05, 4.69) is 29.2 Å². The molecule has 1 aromatic rings. The van der Waals surface area contributed by atoms with Crippen molar-refractivity contribution in [2.45, 2.75) is 23.8 Å². The van der Waals surface area contributed by atoms with E-state index in [1.165, 1.54) is 4.90 Å². The van der Waals surface area contributed by atoms with E-state index in [9.17, 15) is 0 Å². The van der Waals surface area contributed by atoms with Gasteiger partial charge in [0.25, 0.3) is 0 Å². The van der Waals surface area contributed by atoms with Crippen LogP contribution in [0.15, 0.2) is 35.2 Å². The molecule has 1 saturated heterocycles. The monoisotopic (exact) mass is 316 g/mol. The molecule has 0 saturated carbocycles. The predicted molar refractivity (Wildman–Crippen MR) is 88.9 cm³/mol. The van der Waals surface area contributed by atoms with Crippen LogP contribution in [0.3, 0.4) is 0 Å². The van der Waals surface area contributed by atoms with Crippen LogP contribution in [-0.2, 0) is 4.74 Å². The lowest BCUT2D eigenvalue weighted by molar-refractivity contribution is 0.141. The van der Waals surface area contributed by atoms with Gasteiger partial charge < -0.3 is 15.4 Å². The average molecular weight is 317 g/mol. The first-order valence-corrected chi connectivity index (χ1v) is 8.06. The Labute approximate surface area is 132 Å². The third-order valence-corrected chi connectivity index (χ3v) is 4.54. The van der Waals surface area contributed by atoms with Gasteiger partial charge in [0.05, 0.1) is 6.61 Å². The van der Waals surface area contributed by atoms with Crippen molar-refractivity contribution in [3.63, 3.8) is 0 Å². The second-order valence-corrected chi connectivity index (χ2v) is 6.07. The highest BCUT2D eigenvalue weighted by molar-refractivity contribution is 7.99. The molecular weight excluding hydrogens is 292 g/mol. The van der Waals surface area contributed by atoms with Crippen molar-refractivity contribution in [1.82, 2.24) is 4.90 Å². The summed E-state index contributed by atoms with van der Waals surface area (Å²) in [6.45, 7) is 5.08. The van der Waals surface area contributed by atoms with Gasteiger partial charge >= 0.3 is 0 Å². The topological polar surface area (TPSA) is 38.5 Å². The molecule has 1 heterocycles. The van der Waals surface area contributed by atoms with Crippen LogP contribution in [0.2, 0.25) is 0 Å². The standard InChI is InChI=1S/C15H24N2OS.ClH/c16-14(13-19-15-5-2-1-3-6-15)7-9-17-8-4-11-18-12-10-17;/h1-3,5-6,14H,4,7-13,16H2;1H. The molecule has 114 valence electrons. The lowest BCUT2D eigenvalue weighted by Crippen LogP contribution is -2.33. The maximum Gasteiger partial charge on any atom is 0.0593 e. The van der Waals surface area contributed by atoms with Crippen molar-refractivity contribution in [3.05, 3.63) is 30.3 Å². The molecule has 1 aromatic carbocycles. The first-order chi connectivity index (χ1) is 9.34. The zero-order valence-electron chi connectivity index (χ0n) is 11.9. The van der Waals surface area contributed by atoms with Crippen LogP contribution in [0.5, 0.6) is 0 Å². The quantitative estimate of drug-likeness (QED) is 0.819. The highest BCUT2D eigenvalue weighted by Crippen LogP contribution is 2.18. The summed E-state index contributed by atoms with van der Waals surface area (Å²) < 4.78 is 5.46. The highest BCUT2D eigenvalue weighted by Gasteiger charge is 2.11. The number of thioether (sulfide) groups is 1. The molecule has 3 nitrogen and oxygen atoms in total. The molecule has 1 aliphatic rings. The number of nitrogens with zero attached hydrogens (tertiary/aromatic N) is 1. The molecule has 20 heavy (non-hydrogen) atoms. The fraction of sp³-hybridized carbons (Fsp3) is 0.600. The Kier molecular flexibility index (Phi) is 9.31. The third kappa shape index (κ3) is 6.95. The molecule has 0 bridgehead atoms. The number of rotatable bonds is 6. The molecule has 2 rings (SSSR count). The fourth-order valence-electron chi connectivity index (χ4n) is 2.17. The van der Waals surface area contributed by atoms with Gasteiger partial charge in [-0.2, -0.15) is 0 Å². The van der Waals surface area contributed by atoms with Gasteiger partial charge in [0.15, 0.2) is 0 Å². The largest absolute Gasteiger partial charge is 0.380 e. The van der Waals surface area contributed by atoms with Crippen molar-refractivity contribution < 1.29 is 4.74 Å². The van der Waals surface area contributed by atoms with Gasteiger partial charge in [-0.05, 0) is 31.5 Å². The minimum absolute atomic E-state index is 0. The van der Waals surface area contributed by atoms with E-state index in [0.29, 0.717) is 0 Å². The summed E-state index contributed by atoms with van der Waals surface area (Å²) >= 11 is 1.85. The van der Waals surface area contributed by atoms with Crippen molar-refractivity contribution in [2.75, 3.05) is 38.6 Å². The van der Waals surface area contributed by atoms with Gasteiger partial charge in [-0.3, -0.25) is 0 Å². The van der Waals surface area contributed by atoms with Gasteiger partial charge in [-0.1, -0.05) is 18.2 Å². The molecule has 0 aromatic heterocycles. The number of ether oxygens (including phenoxy) is 1. The number of halogens is 1. The summed E-state index contributed by atoms with van der Waals surface area (Å²) in [6, 6.07) is 10.8. The van der Waals surface area contributed by atoms with Gasteiger partial charge in [0, 0.05) is 36.4 Å². The summed E-state index contributed by atoms with van der Waals surface area (Å²) in [5.41, 5.74) is 6.20. The van der Waals surface area contributed by atoms with E-state index >= 15 is 0 Å². The Morgan fingerprint density at radius 1 is 1.20 bits per heavy atom. The third-order valence-electron chi connectivity index (χ3n) is 3.34. The van der Waals surface area contributed by atoms with Crippen LogP contribution in [0.4, 0.5) is 0 Å². The van der Waals surface area contributed by atoms with Crippen LogP contribution in [-0.4, -0.2) is 49.5 Å². The molecule has 0 spiro atoms. The zero-order valence-corrected chi connectivity index (χ0v) is 13.5. The van der Waals surface area contributed by atoms with Crippen LogP contribution in [0.25, 0.3) is 0 Å². The number of nitrogens with two attached hydrogens (primary N) is 1. The van der Waals surface area contributed by atoms with Crippen molar-refractivity contribution >= 4 is 24.2 Å². The van der Waals surface area contributed by atoms with E-state index in [1.54, 1.807) is 0 Å². The van der Waals surface area contributed by atoms with Gasteiger partial charge in [-0.25, -0.2) is 0 Å². The maximum atomic E-state index is 6.20. The lowest BCUT2D eigenvalue weighted by Gasteiger charge is -2.21. The first-order valence-electron chi connectivity index (χ1n) is 7.08. The Balaban J connectivity index is 0.00000200. The van der Waals surface area contributed by atoms with Crippen LogP contribution < -0.4 is 5.73 Å². The van der Waals surface area contributed by atoms with E-state index in [-0.39, 0.29) is 18.4 Å². The van der Waals surface area contributed by atoms with Crippen molar-refractivity contribution in [3.8, 4) is 0 Å². The summed E-state index contributed by atoms with van der Waals surface area (Å²) in [5.74, 6) is 0.994. The minimum Gasteiger partial charge on any atom is -0.380 e. The molecule has 1 aliphatic heterocycles. The normalized spacial score (nSPS) is 18.1. The number of hydrogen-bond donors (Lipinski definition) is 1. The Morgan fingerprint density at radius 3 is 2.80 bits per heavy atom. The second-order valence-electron chi connectivity index (χ2n) is 4.98. The molecule has 5 heteroatoms. The minimum atomic E-state index is 0. The Hall–Kier alpha value is -0.260. The SMILES string of the molecule is Cl.NC(CCN1CCCOCC1)CSc1ccccc1. The molecule has 2 N–H and O–H groups in total. The number of benzene rings is 1. The lowest BCUT2D eigenvalue weighted by atomic mass is 10.2. The van der Waals surface area contributed by atoms with Crippen molar-refractivity contribution in [2.24, 2.45) is 5.73 Å². The molecule has 0 aliphatic carbocycles. The van der Waals surface area contributed by atoms with Gasteiger partial charge in [0.1, 0.15) is 0 Å². The summed E-state index contributed by atoms with van der Waals surface area (Å²) in [4.78, 5) is 3.78. The molecule has 1 atom stereocenters. The van der Waals surface area contributed by atoms with Gasteiger partial charge in [-0.15, -0.1) is 24.2 Å². The van der Waals surface area contributed by atoms with Crippen LogP contribution in [0.1, 0.15) is 12.8 Å². The fourth-order valence-corrected chi connectivity index (χ4v) is 3.10. The molecule has 0 radical (unpaired) electrons. The van der Waals surface area contributed by atoms with Crippen LogP contribution in [0, 0.1) is 0 Å². The molecule has 1 fully saturated rings. The van der Waals surface area contributed by atoms with Crippen molar-refractivity contribution in [1.29, 1.82) is 0 Å². The summed E-state index contributed by atoms with van der Waals surface area (Å²) in [7, 11) is 0. The van der Waals surface area contributed by atoms with E-state index in [4.69, 9.17) is 10.5 Å². The van der Waals surface area contributed by atoms with E-state index < -0.39 is 0 Å². The predicted octanol–water partition coefficient (Wildman–Crippen LogP) is 2.64. The number of hydrogen-bond acceptors (Lipinski definition) is 4. The smallest absolute Gasteiger partial charge is 0.0593 e. The molecular formula is C15H25ClN2OS. The first kappa shape index (κ1) is 17.8. The van der Waals surface area contributed by atoms with Gasteiger partial charge in [0.2, 0.25) is 0 Å². The Morgan fingerprint density at radius 2 is 2.00 bits per heavy atom. The summed E-state index contributed by atoms with van der Waals surface area (Å²) in [6.07, 6.45) is 2.22. The maximum absolute atomic E-state index is 6.20. The molecule has 0 amide bonds. The zero-order chi connectivity index (χ0) is 13.3. The average Bonchev–Trinajstić information content (AvgIpc) is 2.73. The van der Waals surface area contributed by atoms with Crippen LogP contribution >= 0.6 is 24.2 Å². The molecule has 1 unspecified atom stereocenters.